The third-order valence-corrected chi connectivity index (χ3v) is 3.99. The van der Waals surface area contributed by atoms with E-state index in [2.05, 4.69) is 25.9 Å². The number of para-hydroxylation sites is 1. The van der Waals surface area contributed by atoms with Gasteiger partial charge in [-0.25, -0.2) is 8.42 Å². The normalized spacial score (nSPS) is 13.4. The summed E-state index contributed by atoms with van der Waals surface area (Å²) in [5, 5.41) is 15.9. The standard InChI is InChI=1S/C10H11F2N5O2S/c1-6(9-14-16-17-15-9)13-7-4-2-3-5-8(7)20(18,19)10(11)12/h2-6,10,13H,1H3,(H,14,15,16,17). The summed E-state index contributed by atoms with van der Waals surface area (Å²) < 4.78 is 48.4. The van der Waals surface area contributed by atoms with Gasteiger partial charge < -0.3 is 5.32 Å². The Kier molecular flexibility index (Phi) is 3.93. The number of benzene rings is 1. The average Bonchev–Trinajstić information content (AvgIpc) is 2.93. The van der Waals surface area contributed by atoms with Gasteiger partial charge in [-0.3, -0.25) is 0 Å². The van der Waals surface area contributed by atoms with Crippen LogP contribution in [0.2, 0.25) is 0 Å². The molecule has 2 rings (SSSR count). The van der Waals surface area contributed by atoms with Gasteiger partial charge in [-0.2, -0.15) is 14.0 Å². The van der Waals surface area contributed by atoms with Crippen molar-refractivity contribution >= 4 is 15.5 Å². The molecule has 0 aliphatic carbocycles. The van der Waals surface area contributed by atoms with Crippen molar-refractivity contribution in [1.29, 1.82) is 0 Å². The van der Waals surface area contributed by atoms with Gasteiger partial charge in [0.2, 0.25) is 9.84 Å². The molecule has 7 nitrogen and oxygen atoms in total. The summed E-state index contributed by atoms with van der Waals surface area (Å²) in [5.41, 5.74) is 0.0603. The summed E-state index contributed by atoms with van der Waals surface area (Å²) in [6.45, 7) is 1.65. The molecule has 1 aromatic heterocycles. The first-order valence-corrected chi connectivity index (χ1v) is 7.08. The number of halogens is 2. The lowest BCUT2D eigenvalue weighted by atomic mass is 10.2. The number of tetrazole rings is 1. The second-order valence-electron chi connectivity index (χ2n) is 3.94. The summed E-state index contributed by atoms with van der Waals surface area (Å²) in [5.74, 6) is -3.19. The van der Waals surface area contributed by atoms with Crippen LogP contribution >= 0.6 is 0 Å². The van der Waals surface area contributed by atoms with Gasteiger partial charge in [0, 0.05) is 0 Å². The summed E-state index contributed by atoms with van der Waals surface area (Å²) in [7, 11) is -4.68. The van der Waals surface area contributed by atoms with Crippen molar-refractivity contribution in [3.63, 3.8) is 0 Å². The quantitative estimate of drug-likeness (QED) is 0.865. The number of alkyl halides is 2. The minimum absolute atomic E-state index is 0.0603. The lowest BCUT2D eigenvalue weighted by Crippen LogP contribution is -2.16. The molecule has 1 aromatic carbocycles. The molecule has 1 atom stereocenters. The number of nitrogens with zero attached hydrogens (tertiary/aromatic N) is 3. The molecule has 0 aliphatic heterocycles. The van der Waals surface area contributed by atoms with E-state index < -0.39 is 26.5 Å². The first-order valence-electron chi connectivity index (χ1n) is 5.54. The maximum atomic E-state index is 12.6. The van der Waals surface area contributed by atoms with E-state index >= 15 is 0 Å². The van der Waals surface area contributed by atoms with Crippen LogP contribution in [0.15, 0.2) is 29.2 Å². The smallest absolute Gasteiger partial charge is 0.341 e. The van der Waals surface area contributed by atoms with Crippen LogP contribution < -0.4 is 5.32 Å². The van der Waals surface area contributed by atoms with Gasteiger partial charge in [0.25, 0.3) is 0 Å². The molecule has 108 valence electrons. The number of rotatable bonds is 5. The summed E-state index contributed by atoms with van der Waals surface area (Å²) in [6, 6.07) is 4.93. The molecule has 0 radical (unpaired) electrons. The molecule has 0 fully saturated rings. The van der Waals surface area contributed by atoms with Crippen molar-refractivity contribution in [1.82, 2.24) is 20.6 Å². The van der Waals surface area contributed by atoms with Gasteiger partial charge in [-0.1, -0.05) is 17.3 Å². The highest BCUT2D eigenvalue weighted by Gasteiger charge is 2.29. The molecule has 0 saturated carbocycles. The molecule has 1 unspecified atom stereocenters. The zero-order valence-corrected chi connectivity index (χ0v) is 11.1. The average molecular weight is 303 g/mol. The number of hydrogen-bond acceptors (Lipinski definition) is 6. The van der Waals surface area contributed by atoms with Crippen molar-refractivity contribution < 1.29 is 17.2 Å². The van der Waals surface area contributed by atoms with Crippen LogP contribution in [0.3, 0.4) is 0 Å². The lowest BCUT2D eigenvalue weighted by Gasteiger charge is -2.15. The van der Waals surface area contributed by atoms with E-state index in [4.69, 9.17) is 0 Å². The molecular formula is C10H11F2N5O2S. The number of sulfone groups is 1. The second-order valence-corrected chi connectivity index (χ2v) is 5.82. The van der Waals surface area contributed by atoms with Gasteiger partial charge in [0.1, 0.15) is 0 Å². The Morgan fingerprint density at radius 3 is 2.60 bits per heavy atom. The van der Waals surface area contributed by atoms with E-state index in [1.807, 2.05) is 0 Å². The number of H-pyrrole nitrogens is 1. The molecule has 1 heterocycles. The highest BCUT2D eigenvalue weighted by Crippen LogP contribution is 2.28. The maximum absolute atomic E-state index is 12.6. The van der Waals surface area contributed by atoms with Gasteiger partial charge >= 0.3 is 5.76 Å². The Hall–Kier alpha value is -2.10. The van der Waals surface area contributed by atoms with Crippen LogP contribution in [0.5, 0.6) is 0 Å². The predicted octanol–water partition coefficient (Wildman–Crippen LogP) is 1.37. The minimum Gasteiger partial charge on any atom is -0.374 e. The Morgan fingerprint density at radius 2 is 2.00 bits per heavy atom. The van der Waals surface area contributed by atoms with Crippen molar-refractivity contribution in [3.05, 3.63) is 30.1 Å². The molecule has 20 heavy (non-hydrogen) atoms. The fourth-order valence-electron chi connectivity index (χ4n) is 1.58. The van der Waals surface area contributed by atoms with Crippen LogP contribution in [0.4, 0.5) is 14.5 Å². The molecule has 0 aliphatic rings. The Bertz CT molecular complexity index is 675. The van der Waals surface area contributed by atoms with E-state index in [9.17, 15) is 17.2 Å². The van der Waals surface area contributed by atoms with E-state index in [-0.39, 0.29) is 11.5 Å². The first kappa shape index (κ1) is 14.3. The van der Waals surface area contributed by atoms with Gasteiger partial charge in [0.05, 0.1) is 16.6 Å². The molecule has 0 amide bonds. The van der Waals surface area contributed by atoms with Gasteiger partial charge in [0.15, 0.2) is 5.82 Å². The Labute approximate surface area is 113 Å². The maximum Gasteiger partial charge on any atom is 0.341 e. The van der Waals surface area contributed by atoms with E-state index in [1.54, 1.807) is 6.92 Å². The summed E-state index contributed by atoms with van der Waals surface area (Å²) in [6.07, 6.45) is 0. The van der Waals surface area contributed by atoms with Crippen LogP contribution in [-0.2, 0) is 9.84 Å². The van der Waals surface area contributed by atoms with Crippen LogP contribution in [0.25, 0.3) is 0 Å². The zero-order chi connectivity index (χ0) is 14.8. The molecule has 2 N–H and O–H groups in total. The summed E-state index contributed by atoms with van der Waals surface area (Å²) >= 11 is 0. The molecule has 0 bridgehead atoms. The molecule has 0 spiro atoms. The van der Waals surface area contributed by atoms with Gasteiger partial charge in [-0.05, 0) is 19.1 Å². The van der Waals surface area contributed by atoms with Gasteiger partial charge in [-0.15, -0.1) is 10.2 Å². The number of nitrogens with one attached hydrogen (secondary N) is 2. The van der Waals surface area contributed by atoms with Crippen molar-refractivity contribution in [2.24, 2.45) is 0 Å². The van der Waals surface area contributed by atoms with Crippen molar-refractivity contribution in [2.45, 2.75) is 23.6 Å². The SMILES string of the molecule is CC(Nc1ccccc1S(=O)(=O)C(F)F)c1nn[nH]n1. The fraction of sp³-hybridized carbons (Fsp3) is 0.300. The van der Waals surface area contributed by atoms with E-state index in [1.165, 1.54) is 18.2 Å². The fourth-order valence-corrected chi connectivity index (χ4v) is 2.47. The molecule has 2 aromatic rings. The van der Waals surface area contributed by atoms with Crippen LogP contribution in [0.1, 0.15) is 18.8 Å². The number of hydrogen-bond donors (Lipinski definition) is 2. The Morgan fingerprint density at radius 1 is 1.30 bits per heavy atom. The Balaban J connectivity index is 2.34. The van der Waals surface area contributed by atoms with E-state index in [0.717, 1.165) is 6.07 Å². The van der Waals surface area contributed by atoms with Crippen molar-refractivity contribution in [3.8, 4) is 0 Å². The lowest BCUT2D eigenvalue weighted by molar-refractivity contribution is 0.235. The largest absolute Gasteiger partial charge is 0.374 e. The minimum atomic E-state index is -4.68. The highest BCUT2D eigenvalue weighted by atomic mass is 32.2. The summed E-state index contributed by atoms with van der Waals surface area (Å²) in [4.78, 5) is -0.467. The van der Waals surface area contributed by atoms with E-state index in [0.29, 0.717) is 0 Å². The van der Waals surface area contributed by atoms with Crippen LogP contribution in [-0.4, -0.2) is 34.8 Å². The molecule has 10 heteroatoms. The molecular weight excluding hydrogens is 292 g/mol. The second kappa shape index (κ2) is 5.49. The topological polar surface area (TPSA) is 101 Å². The predicted molar refractivity (Wildman–Crippen MR) is 65.8 cm³/mol. The molecule has 0 saturated heterocycles. The third kappa shape index (κ3) is 2.74. The third-order valence-electron chi connectivity index (χ3n) is 2.55. The van der Waals surface area contributed by atoms with Crippen LogP contribution in [0, 0.1) is 0 Å². The zero-order valence-electron chi connectivity index (χ0n) is 10.3. The number of aromatic nitrogens is 4. The first-order chi connectivity index (χ1) is 9.43. The van der Waals surface area contributed by atoms with Crippen molar-refractivity contribution in [2.75, 3.05) is 5.32 Å². The number of aromatic amines is 1. The highest BCUT2D eigenvalue weighted by molar-refractivity contribution is 7.91. The monoisotopic (exact) mass is 303 g/mol. The number of anilines is 1.